The second kappa shape index (κ2) is 10.8. The Morgan fingerprint density at radius 1 is 1.02 bits per heavy atom. The summed E-state index contributed by atoms with van der Waals surface area (Å²) in [5.74, 6) is 0.440. The van der Waals surface area contributed by atoms with Crippen LogP contribution in [0.4, 0.5) is 36.3 Å². The van der Waals surface area contributed by atoms with Crippen LogP contribution in [0, 0.1) is 0 Å². The Bertz CT molecular complexity index is 1510. The van der Waals surface area contributed by atoms with Gasteiger partial charge >= 0.3 is 6.18 Å². The molecule has 1 aliphatic carbocycles. The van der Waals surface area contributed by atoms with Crippen LogP contribution >= 0.6 is 0 Å². The molecular weight excluding hydrogens is 521 g/mol. The van der Waals surface area contributed by atoms with Gasteiger partial charge in [0.25, 0.3) is 5.91 Å². The third-order valence-corrected chi connectivity index (χ3v) is 7.45. The van der Waals surface area contributed by atoms with Crippen molar-refractivity contribution >= 4 is 40.1 Å². The van der Waals surface area contributed by atoms with Crippen molar-refractivity contribution in [2.24, 2.45) is 0 Å². The van der Waals surface area contributed by atoms with Gasteiger partial charge in [-0.25, -0.2) is 9.97 Å². The Labute approximate surface area is 228 Å². The molecule has 12 heteroatoms. The maximum absolute atomic E-state index is 13.4. The smallest absolute Gasteiger partial charge is 0.368 e. The molecular formula is C28H29F3N8O. The number of fused-ring (bicyclic) bond motifs is 1. The number of amides is 1. The number of rotatable bonds is 6. The van der Waals surface area contributed by atoms with Gasteiger partial charge in [0.2, 0.25) is 5.95 Å². The molecule has 2 fully saturated rings. The molecule has 4 N–H and O–H groups in total. The second-order valence-electron chi connectivity index (χ2n) is 10.1. The predicted molar refractivity (Wildman–Crippen MR) is 147 cm³/mol. The van der Waals surface area contributed by atoms with Gasteiger partial charge in [-0.2, -0.15) is 18.2 Å². The van der Waals surface area contributed by atoms with Gasteiger partial charge in [-0.1, -0.05) is 25.0 Å². The second-order valence-corrected chi connectivity index (χ2v) is 10.1. The number of nitrogens with one attached hydrogen (secondary N) is 4. The van der Waals surface area contributed by atoms with Crippen molar-refractivity contribution in [1.82, 2.24) is 25.3 Å². The number of alkyl halides is 3. The lowest BCUT2D eigenvalue weighted by Gasteiger charge is -2.29. The van der Waals surface area contributed by atoms with E-state index in [1.807, 2.05) is 18.3 Å². The number of hydrogen-bond acceptors (Lipinski definition) is 7. The zero-order valence-corrected chi connectivity index (χ0v) is 21.7. The minimum Gasteiger partial charge on any atom is -0.368 e. The van der Waals surface area contributed by atoms with E-state index in [-0.39, 0.29) is 17.3 Å². The van der Waals surface area contributed by atoms with Crippen molar-refractivity contribution in [3.8, 4) is 0 Å². The fourth-order valence-corrected chi connectivity index (χ4v) is 5.43. The van der Waals surface area contributed by atoms with Gasteiger partial charge in [0.05, 0.1) is 28.8 Å². The molecule has 6 rings (SSSR count). The van der Waals surface area contributed by atoms with E-state index in [2.05, 4.69) is 35.8 Å². The summed E-state index contributed by atoms with van der Waals surface area (Å²) in [6.45, 7) is 3.71. The Morgan fingerprint density at radius 3 is 2.52 bits per heavy atom. The Morgan fingerprint density at radius 2 is 1.80 bits per heavy atom. The fourth-order valence-electron chi connectivity index (χ4n) is 5.43. The normalized spacial score (nSPS) is 16.4. The molecule has 208 valence electrons. The number of hydrogen-bond donors (Lipinski definition) is 4. The fraction of sp³-hybridized carbons (Fsp3) is 0.357. The summed E-state index contributed by atoms with van der Waals surface area (Å²) < 4.78 is 40.3. The molecule has 1 amide bonds. The van der Waals surface area contributed by atoms with E-state index in [1.54, 1.807) is 6.07 Å². The molecule has 0 atom stereocenters. The first-order valence-corrected chi connectivity index (χ1v) is 13.4. The Hall–Kier alpha value is -4.19. The molecule has 0 radical (unpaired) electrons. The maximum atomic E-state index is 13.4. The Balaban J connectivity index is 1.28. The van der Waals surface area contributed by atoms with Crippen LogP contribution in [-0.4, -0.2) is 52.0 Å². The topological polar surface area (TPSA) is 111 Å². The lowest BCUT2D eigenvalue weighted by Crippen LogP contribution is -2.43. The summed E-state index contributed by atoms with van der Waals surface area (Å²) >= 11 is 0. The van der Waals surface area contributed by atoms with E-state index in [1.165, 1.54) is 18.2 Å². The molecule has 1 aliphatic heterocycles. The van der Waals surface area contributed by atoms with Crippen LogP contribution in [0.5, 0.6) is 0 Å². The van der Waals surface area contributed by atoms with Crippen LogP contribution in [-0.2, 0) is 6.18 Å². The van der Waals surface area contributed by atoms with E-state index in [4.69, 9.17) is 4.98 Å². The zero-order chi connectivity index (χ0) is 27.7. The van der Waals surface area contributed by atoms with Gasteiger partial charge in [0.1, 0.15) is 17.2 Å². The van der Waals surface area contributed by atoms with Gasteiger partial charge < -0.3 is 25.8 Å². The molecule has 1 aromatic carbocycles. The molecule has 0 unspecified atom stereocenters. The number of nitrogens with zero attached hydrogens (tertiary/aromatic N) is 4. The molecule has 9 nitrogen and oxygen atoms in total. The largest absolute Gasteiger partial charge is 0.418 e. The van der Waals surface area contributed by atoms with Crippen molar-refractivity contribution in [3.63, 3.8) is 0 Å². The first kappa shape index (κ1) is 26.1. The third-order valence-electron chi connectivity index (χ3n) is 7.45. The maximum Gasteiger partial charge on any atom is 0.418 e. The summed E-state index contributed by atoms with van der Waals surface area (Å²) in [6, 6.07) is 10.4. The van der Waals surface area contributed by atoms with Gasteiger partial charge in [-0.3, -0.25) is 4.79 Å². The quantitative estimate of drug-likeness (QED) is 0.253. The van der Waals surface area contributed by atoms with E-state index in [9.17, 15) is 18.0 Å². The molecule has 0 bridgehead atoms. The lowest BCUT2D eigenvalue weighted by molar-refractivity contribution is -0.136. The first-order chi connectivity index (χ1) is 19.3. The van der Waals surface area contributed by atoms with Crippen molar-refractivity contribution < 1.29 is 18.0 Å². The number of aromatic amines is 1. The predicted octanol–water partition coefficient (Wildman–Crippen LogP) is 5.43. The van der Waals surface area contributed by atoms with Crippen LogP contribution < -0.4 is 20.9 Å². The molecule has 0 spiro atoms. The summed E-state index contributed by atoms with van der Waals surface area (Å²) in [4.78, 5) is 32.3. The number of piperazine rings is 1. The molecule has 2 aliphatic rings. The zero-order valence-electron chi connectivity index (χ0n) is 21.7. The van der Waals surface area contributed by atoms with Crippen LogP contribution in [0.3, 0.4) is 0 Å². The highest BCUT2D eigenvalue weighted by Crippen LogP contribution is 2.38. The highest BCUT2D eigenvalue weighted by Gasteiger charge is 2.34. The summed E-state index contributed by atoms with van der Waals surface area (Å²) in [7, 11) is 0. The van der Waals surface area contributed by atoms with E-state index in [0.29, 0.717) is 22.8 Å². The number of para-hydroxylation sites is 1. The van der Waals surface area contributed by atoms with E-state index < -0.39 is 17.6 Å². The first-order valence-electron chi connectivity index (χ1n) is 13.4. The average molecular weight is 551 g/mol. The number of pyridine rings is 1. The van der Waals surface area contributed by atoms with Gasteiger partial charge in [0.15, 0.2) is 0 Å². The standard InChI is InChI=1S/C28H29F3N8O/c29-28(30,31)20-7-3-4-8-21(20)35-26(40)22-15-19-24(17-5-1-2-6-17)37-27(38-25(19)34-22)36-23-10-9-18(16-33-23)39-13-11-32-12-14-39/h3-4,7-10,15-17,32H,1-2,5-6,11-14H2,(H,35,40)(H2,33,34,36,37,38). The summed E-state index contributed by atoms with van der Waals surface area (Å²) in [5, 5.41) is 9.61. The van der Waals surface area contributed by atoms with Gasteiger partial charge in [-0.15, -0.1) is 0 Å². The van der Waals surface area contributed by atoms with Crippen molar-refractivity contribution in [2.75, 3.05) is 41.7 Å². The van der Waals surface area contributed by atoms with Crippen LogP contribution in [0.15, 0.2) is 48.7 Å². The summed E-state index contributed by atoms with van der Waals surface area (Å²) in [5.41, 5.74) is 1.18. The monoisotopic (exact) mass is 550 g/mol. The molecule has 1 saturated heterocycles. The molecule has 1 saturated carbocycles. The van der Waals surface area contributed by atoms with Crippen LogP contribution in [0.1, 0.15) is 53.3 Å². The number of carbonyl (C=O) groups excluding carboxylic acids is 1. The number of aromatic nitrogens is 4. The number of anilines is 4. The lowest BCUT2D eigenvalue weighted by atomic mass is 10.0. The van der Waals surface area contributed by atoms with Crippen molar-refractivity contribution in [2.45, 2.75) is 37.8 Å². The van der Waals surface area contributed by atoms with Gasteiger partial charge in [0, 0.05) is 37.5 Å². The molecule has 4 aromatic rings. The third kappa shape index (κ3) is 5.44. The number of halogens is 3. The minimum atomic E-state index is -4.59. The van der Waals surface area contributed by atoms with Crippen LogP contribution in [0.2, 0.25) is 0 Å². The average Bonchev–Trinajstić information content (AvgIpc) is 3.64. The summed E-state index contributed by atoms with van der Waals surface area (Å²) in [6.07, 6.45) is 1.33. The van der Waals surface area contributed by atoms with E-state index >= 15 is 0 Å². The van der Waals surface area contributed by atoms with Crippen molar-refractivity contribution in [3.05, 3.63) is 65.6 Å². The van der Waals surface area contributed by atoms with E-state index in [0.717, 1.165) is 69.3 Å². The number of H-pyrrole nitrogens is 1. The molecule has 4 heterocycles. The highest BCUT2D eigenvalue weighted by molar-refractivity contribution is 6.06. The van der Waals surface area contributed by atoms with Gasteiger partial charge in [-0.05, 0) is 43.2 Å². The van der Waals surface area contributed by atoms with Crippen LogP contribution in [0.25, 0.3) is 11.0 Å². The SMILES string of the molecule is O=C(Nc1ccccc1C(F)(F)F)c1cc2c(C3CCCC3)nc(Nc3ccc(N4CCNCC4)cn3)nc2[nH]1. The van der Waals surface area contributed by atoms with Crippen molar-refractivity contribution in [1.29, 1.82) is 0 Å². The number of carbonyl (C=O) groups is 1. The highest BCUT2D eigenvalue weighted by atomic mass is 19.4. The molecule has 40 heavy (non-hydrogen) atoms. The minimum absolute atomic E-state index is 0.108. The number of benzene rings is 1. The Kier molecular flexibility index (Phi) is 7.01. The molecule has 3 aromatic heterocycles.